The second kappa shape index (κ2) is 6.29. The average Bonchev–Trinajstić information content (AvgIpc) is 3.43. The highest BCUT2D eigenvalue weighted by Crippen LogP contribution is 2.64. The van der Waals surface area contributed by atoms with Crippen molar-refractivity contribution in [2.24, 2.45) is 11.3 Å². The van der Waals surface area contributed by atoms with E-state index in [0.29, 0.717) is 30.4 Å². The first kappa shape index (κ1) is 20.4. The standard InChI is InChI=1S/C22H29NO4.BrH/c1-13-7-8-22(27)17-11-15-5-6-16(24)19(25)18(15)21(22,20(13)26)9-10-23(17,2)12-14-3-4-14;/h5-6,11,14,16-17,20,24,26-27H,1,3-4,7-10,12H2,2H3;1H/t16?,17-,20?,21+,22-,23?;/m1./s1. The molecule has 4 aliphatic carbocycles. The largest absolute Gasteiger partial charge is 1.00 e. The minimum atomic E-state index is -1.16. The zero-order valence-corrected chi connectivity index (χ0v) is 17.9. The Morgan fingerprint density at radius 1 is 1.25 bits per heavy atom. The lowest BCUT2D eigenvalue weighted by molar-refractivity contribution is -0.945. The van der Waals surface area contributed by atoms with Gasteiger partial charge in [0.25, 0.3) is 0 Å². The fourth-order valence-corrected chi connectivity index (χ4v) is 6.50. The zero-order valence-electron chi connectivity index (χ0n) is 16.3. The molecule has 2 saturated carbocycles. The smallest absolute Gasteiger partial charge is 0.138 e. The summed E-state index contributed by atoms with van der Waals surface area (Å²) >= 11 is 0. The van der Waals surface area contributed by atoms with Crippen LogP contribution >= 0.6 is 0 Å². The molecule has 4 N–H and O–H groups in total. The highest BCUT2D eigenvalue weighted by molar-refractivity contribution is 5.58. The quantitative estimate of drug-likeness (QED) is 0.311. The van der Waals surface area contributed by atoms with Gasteiger partial charge in [-0.25, -0.2) is 0 Å². The van der Waals surface area contributed by atoms with Crippen LogP contribution in [0.2, 0.25) is 0 Å². The number of allylic oxidation sites excluding steroid dienone is 2. The van der Waals surface area contributed by atoms with E-state index in [1.165, 1.54) is 12.8 Å². The molecule has 0 aromatic heterocycles. The molecule has 28 heavy (non-hydrogen) atoms. The van der Waals surface area contributed by atoms with Crippen molar-refractivity contribution in [2.75, 3.05) is 20.1 Å². The first-order valence-corrected chi connectivity index (χ1v) is 10.2. The van der Waals surface area contributed by atoms with Crippen molar-refractivity contribution in [1.29, 1.82) is 0 Å². The van der Waals surface area contributed by atoms with Gasteiger partial charge >= 0.3 is 0 Å². The van der Waals surface area contributed by atoms with Crippen molar-refractivity contribution in [2.45, 2.75) is 56.0 Å². The Morgan fingerprint density at radius 2 is 1.96 bits per heavy atom. The third kappa shape index (κ3) is 2.39. The third-order valence-corrected chi connectivity index (χ3v) is 8.07. The van der Waals surface area contributed by atoms with E-state index >= 15 is 0 Å². The zero-order chi connectivity index (χ0) is 19.2. The fourth-order valence-electron chi connectivity index (χ4n) is 6.50. The normalized spacial score (nSPS) is 47.1. The van der Waals surface area contributed by atoms with Gasteiger partial charge in [0.15, 0.2) is 0 Å². The summed E-state index contributed by atoms with van der Waals surface area (Å²) in [5.41, 5.74) is -0.0906. The van der Waals surface area contributed by atoms with Crippen LogP contribution < -0.4 is 17.0 Å². The lowest BCUT2D eigenvalue weighted by atomic mass is 9.47. The summed E-state index contributed by atoms with van der Waals surface area (Å²) in [5.74, 6) is 0.592. The fraction of sp³-hybridized carbons (Fsp3) is 0.636. The SMILES string of the molecule is C=C1CC[C@@]2(O)[C@H]3C=C4C=CC(O)C(O)=C4[C@@]2(CC[N+]3(C)CC2CC2)C1O.[Br-]. The topological polar surface area (TPSA) is 80.9 Å². The van der Waals surface area contributed by atoms with Crippen LogP contribution in [0.3, 0.4) is 0 Å². The maximum absolute atomic E-state index is 12.1. The van der Waals surface area contributed by atoms with E-state index < -0.39 is 23.2 Å². The number of nitrogens with zero attached hydrogens (tertiary/aromatic N) is 1. The molecule has 3 unspecified atom stereocenters. The van der Waals surface area contributed by atoms with Gasteiger partial charge in [-0.2, -0.15) is 0 Å². The van der Waals surface area contributed by atoms with Crippen LogP contribution in [0.1, 0.15) is 32.1 Å². The minimum absolute atomic E-state index is 0. The summed E-state index contributed by atoms with van der Waals surface area (Å²) in [4.78, 5) is 0. The Balaban J connectivity index is 0.00000192. The summed E-state index contributed by atoms with van der Waals surface area (Å²) in [7, 11) is 2.23. The molecule has 6 atom stereocenters. The summed E-state index contributed by atoms with van der Waals surface area (Å²) in [6.07, 6.45) is 7.69. The van der Waals surface area contributed by atoms with Gasteiger partial charge in [-0.05, 0) is 49.0 Å². The molecule has 0 spiro atoms. The number of rotatable bonds is 2. The number of aliphatic hydroxyl groups is 4. The molecule has 2 bridgehead atoms. The van der Waals surface area contributed by atoms with Crippen molar-refractivity contribution in [1.82, 2.24) is 0 Å². The van der Waals surface area contributed by atoms with Gasteiger partial charge in [0.1, 0.15) is 23.5 Å². The van der Waals surface area contributed by atoms with E-state index in [1.54, 1.807) is 6.08 Å². The van der Waals surface area contributed by atoms with E-state index in [2.05, 4.69) is 19.7 Å². The number of piperidine rings is 1. The van der Waals surface area contributed by atoms with Gasteiger partial charge < -0.3 is 41.9 Å². The van der Waals surface area contributed by atoms with Gasteiger partial charge in [-0.15, -0.1) is 0 Å². The molecule has 1 heterocycles. The maximum atomic E-state index is 12.1. The second-order valence-electron chi connectivity index (χ2n) is 9.67. The number of likely N-dealkylation sites (tertiary alicyclic amines) is 1. The predicted molar refractivity (Wildman–Crippen MR) is 102 cm³/mol. The van der Waals surface area contributed by atoms with Crippen LogP contribution in [0.25, 0.3) is 0 Å². The Morgan fingerprint density at radius 3 is 2.64 bits per heavy atom. The van der Waals surface area contributed by atoms with Crippen molar-refractivity contribution < 1.29 is 41.9 Å². The molecule has 5 rings (SSSR count). The van der Waals surface area contributed by atoms with E-state index in [4.69, 9.17) is 0 Å². The number of quaternary nitrogens is 1. The van der Waals surface area contributed by atoms with Crippen LogP contribution in [0, 0.1) is 11.3 Å². The summed E-state index contributed by atoms with van der Waals surface area (Å²) in [6.45, 7) is 5.94. The first-order valence-electron chi connectivity index (χ1n) is 10.2. The van der Waals surface area contributed by atoms with E-state index in [1.807, 2.05) is 6.08 Å². The number of fused-ring (bicyclic) bond motifs is 1. The van der Waals surface area contributed by atoms with E-state index in [9.17, 15) is 20.4 Å². The van der Waals surface area contributed by atoms with Crippen LogP contribution in [-0.4, -0.2) is 68.9 Å². The van der Waals surface area contributed by atoms with Gasteiger partial charge in [-0.3, -0.25) is 0 Å². The van der Waals surface area contributed by atoms with Gasteiger partial charge in [0.2, 0.25) is 0 Å². The molecule has 0 aromatic carbocycles. The lowest BCUT2D eigenvalue weighted by Crippen LogP contribution is -3.00. The summed E-state index contributed by atoms with van der Waals surface area (Å²) in [5, 5.41) is 44.5. The van der Waals surface area contributed by atoms with Gasteiger partial charge in [0, 0.05) is 17.9 Å². The molecule has 1 saturated heterocycles. The van der Waals surface area contributed by atoms with Gasteiger partial charge in [-0.1, -0.05) is 12.7 Å². The molecular weight excluding hydrogens is 422 g/mol. The molecule has 0 aromatic rings. The Hall–Kier alpha value is -0.920. The van der Waals surface area contributed by atoms with Gasteiger partial charge in [0.05, 0.1) is 31.7 Å². The van der Waals surface area contributed by atoms with Crippen molar-refractivity contribution in [3.63, 3.8) is 0 Å². The molecule has 0 radical (unpaired) electrons. The van der Waals surface area contributed by atoms with Crippen LogP contribution in [-0.2, 0) is 0 Å². The molecule has 1 aliphatic heterocycles. The number of hydrogen-bond donors (Lipinski definition) is 4. The van der Waals surface area contributed by atoms with Crippen molar-refractivity contribution in [3.8, 4) is 0 Å². The highest BCUT2D eigenvalue weighted by atomic mass is 79.9. The number of likely N-dealkylation sites (N-methyl/N-ethyl adjacent to an activating group) is 1. The predicted octanol–water partition coefficient (Wildman–Crippen LogP) is -1.27. The van der Waals surface area contributed by atoms with E-state index in [-0.39, 0.29) is 28.8 Å². The third-order valence-electron chi connectivity index (χ3n) is 8.07. The Labute approximate surface area is 176 Å². The molecule has 6 heteroatoms. The molecule has 5 nitrogen and oxygen atoms in total. The average molecular weight is 452 g/mol. The Bertz CT molecular complexity index is 815. The number of halogens is 1. The minimum Gasteiger partial charge on any atom is -1.00 e. The molecule has 5 aliphatic rings. The van der Waals surface area contributed by atoms with Crippen LogP contribution in [0.5, 0.6) is 0 Å². The van der Waals surface area contributed by atoms with Crippen molar-refractivity contribution >= 4 is 0 Å². The van der Waals surface area contributed by atoms with Crippen molar-refractivity contribution in [3.05, 3.63) is 47.3 Å². The monoisotopic (exact) mass is 451 g/mol. The number of aliphatic hydroxyl groups excluding tert-OH is 3. The maximum Gasteiger partial charge on any atom is 0.138 e. The van der Waals surface area contributed by atoms with Crippen LogP contribution in [0.15, 0.2) is 47.3 Å². The molecule has 0 amide bonds. The molecule has 3 fully saturated rings. The molecular formula is C22H30BrNO4. The summed E-state index contributed by atoms with van der Waals surface area (Å²) < 4.78 is 0.774. The van der Waals surface area contributed by atoms with Crippen LogP contribution in [0.4, 0.5) is 0 Å². The summed E-state index contributed by atoms with van der Waals surface area (Å²) in [6, 6.07) is -0.138. The first-order chi connectivity index (χ1) is 12.7. The lowest BCUT2D eigenvalue weighted by Gasteiger charge is -2.66. The van der Waals surface area contributed by atoms with E-state index in [0.717, 1.165) is 29.1 Å². The molecule has 154 valence electrons. The highest BCUT2D eigenvalue weighted by Gasteiger charge is 2.72. The Kier molecular flexibility index (Phi) is 4.57. The number of hydrogen-bond acceptors (Lipinski definition) is 4. The second-order valence-corrected chi connectivity index (χ2v) is 9.67.